The van der Waals surface area contributed by atoms with E-state index in [0.717, 1.165) is 5.56 Å². The number of alkyl halides is 1. The van der Waals surface area contributed by atoms with Gasteiger partial charge in [0.2, 0.25) is 0 Å². The van der Waals surface area contributed by atoms with Crippen molar-refractivity contribution in [2.24, 2.45) is 5.92 Å². The van der Waals surface area contributed by atoms with Gasteiger partial charge in [-0.15, -0.1) is 11.6 Å². The van der Waals surface area contributed by atoms with Crippen molar-refractivity contribution in [2.75, 3.05) is 5.88 Å². The fourth-order valence-electron chi connectivity index (χ4n) is 1.19. The van der Waals surface area contributed by atoms with Crippen molar-refractivity contribution in [3.05, 3.63) is 29.3 Å². The molecule has 0 aliphatic rings. The Hall–Kier alpha value is -1.02. The summed E-state index contributed by atoms with van der Waals surface area (Å²) in [6.45, 7) is 3.60. The average Bonchev–Trinajstić information content (AvgIpc) is 2.15. The molecular weight excluding hydrogens is 200 g/mol. The molecule has 0 aromatic heterocycles. The molecule has 1 aromatic carbocycles. The number of carbonyl (C=O) groups is 1. The van der Waals surface area contributed by atoms with Crippen molar-refractivity contribution < 1.29 is 9.90 Å². The smallest absolute Gasteiger partial charge is 0.170 e. The number of Topliss-reactive ketones (excluding diaryl/α,β-unsaturated/α-hetero) is 1. The van der Waals surface area contributed by atoms with Gasteiger partial charge in [-0.1, -0.05) is 13.0 Å². The highest BCUT2D eigenvalue weighted by atomic mass is 35.5. The van der Waals surface area contributed by atoms with E-state index in [4.69, 9.17) is 11.6 Å². The van der Waals surface area contributed by atoms with Crippen LogP contribution >= 0.6 is 11.6 Å². The van der Waals surface area contributed by atoms with Crippen LogP contribution in [-0.4, -0.2) is 16.8 Å². The maximum Gasteiger partial charge on any atom is 0.170 e. The first kappa shape index (κ1) is 11.1. The molecule has 14 heavy (non-hydrogen) atoms. The molecule has 0 spiro atoms. The first-order chi connectivity index (χ1) is 6.56. The minimum Gasteiger partial charge on any atom is -0.507 e. The minimum absolute atomic E-state index is 0.0342. The molecule has 0 amide bonds. The third-order valence-corrected chi connectivity index (χ3v) is 2.56. The standard InChI is InChI=1S/C11H13ClO2/c1-7-3-4-9(10(13)5-7)11(14)8(2)6-12/h3-5,8,13H,6H2,1-2H3. The fraction of sp³-hybridized carbons (Fsp3) is 0.364. The number of hydrogen-bond acceptors (Lipinski definition) is 2. The van der Waals surface area contributed by atoms with Gasteiger partial charge in [-0.3, -0.25) is 4.79 Å². The highest BCUT2D eigenvalue weighted by Crippen LogP contribution is 2.22. The first-order valence-electron chi connectivity index (χ1n) is 4.46. The second kappa shape index (κ2) is 4.47. The number of ketones is 1. The summed E-state index contributed by atoms with van der Waals surface area (Å²) in [4.78, 5) is 11.7. The molecule has 0 bridgehead atoms. The quantitative estimate of drug-likeness (QED) is 0.618. The summed E-state index contributed by atoms with van der Waals surface area (Å²) < 4.78 is 0. The van der Waals surface area contributed by atoms with Crippen molar-refractivity contribution in [2.45, 2.75) is 13.8 Å². The highest BCUT2D eigenvalue weighted by molar-refractivity contribution is 6.20. The number of halogens is 1. The van der Waals surface area contributed by atoms with Gasteiger partial charge in [0.15, 0.2) is 5.78 Å². The normalized spacial score (nSPS) is 12.5. The number of rotatable bonds is 3. The molecule has 0 heterocycles. The van der Waals surface area contributed by atoms with Crippen LogP contribution < -0.4 is 0 Å². The molecule has 1 N–H and O–H groups in total. The third kappa shape index (κ3) is 2.26. The van der Waals surface area contributed by atoms with E-state index in [2.05, 4.69) is 0 Å². The lowest BCUT2D eigenvalue weighted by molar-refractivity contribution is 0.0938. The summed E-state index contributed by atoms with van der Waals surface area (Å²) >= 11 is 5.58. The summed E-state index contributed by atoms with van der Waals surface area (Å²) in [5.74, 6) is -0.0682. The Kier molecular flexibility index (Phi) is 3.53. The molecule has 76 valence electrons. The third-order valence-electron chi connectivity index (χ3n) is 2.10. The van der Waals surface area contributed by atoms with E-state index in [9.17, 15) is 9.90 Å². The van der Waals surface area contributed by atoms with E-state index in [-0.39, 0.29) is 23.3 Å². The number of phenolic OH excluding ortho intramolecular Hbond substituents is 1. The lowest BCUT2D eigenvalue weighted by Gasteiger charge is -2.08. The van der Waals surface area contributed by atoms with E-state index >= 15 is 0 Å². The van der Waals surface area contributed by atoms with Gasteiger partial charge in [0.25, 0.3) is 0 Å². The molecule has 1 aromatic rings. The fourth-order valence-corrected chi connectivity index (χ4v) is 1.33. The van der Waals surface area contributed by atoms with E-state index in [1.165, 1.54) is 0 Å². The number of benzene rings is 1. The molecule has 1 unspecified atom stereocenters. The molecule has 0 saturated heterocycles. The monoisotopic (exact) mass is 212 g/mol. The van der Waals surface area contributed by atoms with Gasteiger partial charge < -0.3 is 5.11 Å². The van der Waals surface area contributed by atoms with Crippen LogP contribution in [-0.2, 0) is 0 Å². The number of hydrogen-bond donors (Lipinski definition) is 1. The Balaban J connectivity index is 3.02. The molecule has 3 heteroatoms. The van der Waals surface area contributed by atoms with Crippen molar-refractivity contribution in [3.8, 4) is 5.75 Å². The van der Waals surface area contributed by atoms with Crippen molar-refractivity contribution >= 4 is 17.4 Å². The Morgan fingerprint density at radius 3 is 2.71 bits per heavy atom. The Morgan fingerprint density at radius 2 is 2.21 bits per heavy atom. The Morgan fingerprint density at radius 1 is 1.57 bits per heavy atom. The second-order valence-electron chi connectivity index (χ2n) is 3.44. The summed E-state index contributed by atoms with van der Waals surface area (Å²) in [7, 11) is 0. The first-order valence-corrected chi connectivity index (χ1v) is 4.99. The highest BCUT2D eigenvalue weighted by Gasteiger charge is 2.17. The molecule has 0 aliphatic heterocycles. The van der Waals surface area contributed by atoms with Crippen LogP contribution in [0, 0.1) is 12.8 Å². The zero-order valence-corrected chi connectivity index (χ0v) is 9.01. The second-order valence-corrected chi connectivity index (χ2v) is 3.75. The summed E-state index contributed by atoms with van der Waals surface area (Å²) in [5.41, 5.74) is 1.28. The van der Waals surface area contributed by atoms with E-state index < -0.39 is 0 Å². The average molecular weight is 213 g/mol. The van der Waals surface area contributed by atoms with Gasteiger partial charge in [0, 0.05) is 11.8 Å². The van der Waals surface area contributed by atoms with Gasteiger partial charge in [-0.05, 0) is 24.6 Å². The SMILES string of the molecule is Cc1ccc(C(=O)C(C)CCl)c(O)c1. The number of carbonyl (C=O) groups excluding carboxylic acids is 1. The van der Waals surface area contributed by atoms with Crippen molar-refractivity contribution in [1.82, 2.24) is 0 Å². The number of phenols is 1. The van der Waals surface area contributed by atoms with Crippen LogP contribution in [0.15, 0.2) is 18.2 Å². The zero-order valence-electron chi connectivity index (χ0n) is 8.25. The van der Waals surface area contributed by atoms with Crippen LogP contribution in [0.5, 0.6) is 5.75 Å². The maximum atomic E-state index is 11.7. The number of aryl methyl sites for hydroxylation is 1. The largest absolute Gasteiger partial charge is 0.507 e. The van der Waals surface area contributed by atoms with Crippen LogP contribution in [0.25, 0.3) is 0 Å². The minimum atomic E-state index is -0.259. The molecule has 0 saturated carbocycles. The van der Waals surface area contributed by atoms with Gasteiger partial charge in [-0.25, -0.2) is 0 Å². The summed E-state index contributed by atoms with van der Waals surface area (Å²) in [6.07, 6.45) is 0. The molecule has 0 aliphatic carbocycles. The van der Waals surface area contributed by atoms with Crippen LogP contribution in [0.1, 0.15) is 22.8 Å². The molecule has 1 atom stereocenters. The van der Waals surface area contributed by atoms with Crippen LogP contribution in [0.2, 0.25) is 0 Å². The Labute approximate surface area is 88.5 Å². The molecule has 2 nitrogen and oxygen atoms in total. The number of aromatic hydroxyl groups is 1. The summed E-state index contributed by atoms with van der Waals surface area (Å²) in [5, 5.41) is 9.54. The topological polar surface area (TPSA) is 37.3 Å². The van der Waals surface area contributed by atoms with E-state index in [0.29, 0.717) is 5.56 Å². The summed E-state index contributed by atoms with van der Waals surface area (Å²) in [6, 6.07) is 5.01. The van der Waals surface area contributed by atoms with Gasteiger partial charge in [0.1, 0.15) is 5.75 Å². The van der Waals surface area contributed by atoms with Gasteiger partial charge in [0.05, 0.1) is 5.56 Å². The van der Waals surface area contributed by atoms with Crippen molar-refractivity contribution in [3.63, 3.8) is 0 Å². The predicted molar refractivity (Wildman–Crippen MR) is 57.1 cm³/mol. The zero-order chi connectivity index (χ0) is 10.7. The van der Waals surface area contributed by atoms with Crippen molar-refractivity contribution in [1.29, 1.82) is 0 Å². The van der Waals surface area contributed by atoms with E-state index in [1.54, 1.807) is 25.1 Å². The molecular formula is C11H13ClO2. The maximum absolute atomic E-state index is 11.7. The van der Waals surface area contributed by atoms with Gasteiger partial charge >= 0.3 is 0 Å². The lowest BCUT2D eigenvalue weighted by atomic mass is 9.99. The van der Waals surface area contributed by atoms with Gasteiger partial charge in [-0.2, -0.15) is 0 Å². The molecule has 0 radical (unpaired) electrons. The predicted octanol–water partition coefficient (Wildman–Crippen LogP) is 2.76. The van der Waals surface area contributed by atoms with Crippen LogP contribution in [0.3, 0.4) is 0 Å². The van der Waals surface area contributed by atoms with E-state index in [1.807, 2.05) is 6.92 Å². The Bertz CT molecular complexity index is 347. The lowest BCUT2D eigenvalue weighted by Crippen LogP contribution is -2.12. The molecule has 1 rings (SSSR count). The van der Waals surface area contributed by atoms with Crippen LogP contribution in [0.4, 0.5) is 0 Å². The molecule has 0 fully saturated rings.